The summed E-state index contributed by atoms with van der Waals surface area (Å²) in [5, 5.41) is 2.85. The zero-order chi connectivity index (χ0) is 17.2. The largest absolute Gasteiger partial charge is 0.343 e. The molecule has 0 unspecified atom stereocenters. The summed E-state index contributed by atoms with van der Waals surface area (Å²) in [7, 11) is 1.97. The van der Waals surface area contributed by atoms with Gasteiger partial charge in [-0.05, 0) is 58.1 Å². The first-order valence-corrected chi connectivity index (χ1v) is 9.97. The third-order valence-corrected chi connectivity index (χ3v) is 5.38. The zero-order valence-corrected chi connectivity index (χ0v) is 16.0. The lowest BCUT2D eigenvalue weighted by Crippen LogP contribution is -2.50. The number of nitrogens with one attached hydrogen (secondary N) is 1. The van der Waals surface area contributed by atoms with Crippen LogP contribution < -0.4 is 5.32 Å². The van der Waals surface area contributed by atoms with Crippen LogP contribution in [-0.2, 0) is 9.59 Å². The SMILES string of the molecule is CCSCC[C@@H](C)N(C)CC(=O)N[C@H](C)C(=O)N1CCCCC1. The Labute approximate surface area is 145 Å². The molecule has 2 amide bonds. The Hall–Kier alpha value is -0.750. The lowest BCUT2D eigenvalue weighted by Gasteiger charge is -2.30. The molecule has 1 aliphatic heterocycles. The van der Waals surface area contributed by atoms with Gasteiger partial charge in [-0.15, -0.1) is 0 Å². The van der Waals surface area contributed by atoms with Crippen LogP contribution in [0.3, 0.4) is 0 Å². The Morgan fingerprint density at radius 1 is 1.22 bits per heavy atom. The first-order valence-electron chi connectivity index (χ1n) is 8.81. The van der Waals surface area contributed by atoms with E-state index < -0.39 is 6.04 Å². The molecule has 1 aliphatic rings. The fourth-order valence-electron chi connectivity index (χ4n) is 2.74. The number of hydrogen-bond donors (Lipinski definition) is 1. The van der Waals surface area contributed by atoms with Crippen molar-refractivity contribution in [1.82, 2.24) is 15.1 Å². The van der Waals surface area contributed by atoms with Gasteiger partial charge in [-0.1, -0.05) is 6.92 Å². The van der Waals surface area contributed by atoms with Crippen molar-refractivity contribution in [2.24, 2.45) is 0 Å². The van der Waals surface area contributed by atoms with Crippen LogP contribution in [0.1, 0.15) is 46.5 Å². The number of thioether (sulfide) groups is 1. The highest BCUT2D eigenvalue weighted by atomic mass is 32.2. The fourth-order valence-corrected chi connectivity index (χ4v) is 3.53. The molecule has 2 atom stereocenters. The number of likely N-dealkylation sites (N-methyl/N-ethyl adjacent to an activating group) is 1. The molecule has 6 heteroatoms. The summed E-state index contributed by atoms with van der Waals surface area (Å²) in [5.74, 6) is 2.23. The van der Waals surface area contributed by atoms with Crippen LogP contribution in [0, 0.1) is 0 Å². The molecule has 134 valence electrons. The summed E-state index contributed by atoms with van der Waals surface area (Å²) >= 11 is 1.93. The van der Waals surface area contributed by atoms with Gasteiger partial charge in [0.2, 0.25) is 11.8 Å². The molecule has 1 saturated heterocycles. The lowest BCUT2D eigenvalue weighted by molar-refractivity contribution is -0.137. The molecule has 1 heterocycles. The quantitative estimate of drug-likeness (QED) is 0.650. The number of rotatable bonds is 9. The number of hydrogen-bond acceptors (Lipinski definition) is 4. The average Bonchev–Trinajstić information content (AvgIpc) is 2.54. The van der Waals surface area contributed by atoms with Crippen LogP contribution in [0.15, 0.2) is 0 Å². The molecular formula is C17H33N3O2S. The van der Waals surface area contributed by atoms with E-state index in [1.54, 1.807) is 6.92 Å². The molecule has 5 nitrogen and oxygen atoms in total. The topological polar surface area (TPSA) is 52.7 Å². The Morgan fingerprint density at radius 3 is 2.48 bits per heavy atom. The monoisotopic (exact) mass is 343 g/mol. The molecule has 0 spiro atoms. The van der Waals surface area contributed by atoms with Crippen LogP contribution in [0.2, 0.25) is 0 Å². The molecule has 0 radical (unpaired) electrons. The predicted octanol–water partition coefficient (Wildman–Crippen LogP) is 1.97. The van der Waals surface area contributed by atoms with Crippen molar-refractivity contribution < 1.29 is 9.59 Å². The summed E-state index contributed by atoms with van der Waals surface area (Å²) in [6.45, 7) is 8.08. The minimum atomic E-state index is -0.431. The maximum atomic E-state index is 12.3. The number of piperidine rings is 1. The van der Waals surface area contributed by atoms with Crippen LogP contribution in [0.5, 0.6) is 0 Å². The van der Waals surface area contributed by atoms with E-state index in [1.165, 1.54) is 6.42 Å². The Kier molecular flexibility index (Phi) is 9.63. The molecule has 0 aliphatic carbocycles. The van der Waals surface area contributed by atoms with E-state index in [0.717, 1.165) is 43.9 Å². The summed E-state index contributed by atoms with van der Waals surface area (Å²) in [6, 6.07) is -0.0622. The van der Waals surface area contributed by atoms with Crippen molar-refractivity contribution in [3.8, 4) is 0 Å². The predicted molar refractivity (Wildman–Crippen MR) is 97.7 cm³/mol. The second-order valence-electron chi connectivity index (χ2n) is 6.42. The van der Waals surface area contributed by atoms with Crippen molar-refractivity contribution >= 4 is 23.6 Å². The van der Waals surface area contributed by atoms with E-state index >= 15 is 0 Å². The van der Waals surface area contributed by atoms with Gasteiger partial charge in [0.15, 0.2) is 0 Å². The van der Waals surface area contributed by atoms with Gasteiger partial charge in [-0.2, -0.15) is 11.8 Å². The van der Waals surface area contributed by atoms with Gasteiger partial charge in [-0.25, -0.2) is 0 Å². The van der Waals surface area contributed by atoms with Gasteiger partial charge in [0.1, 0.15) is 6.04 Å². The second-order valence-corrected chi connectivity index (χ2v) is 7.82. The molecule has 0 bridgehead atoms. The van der Waals surface area contributed by atoms with Crippen molar-refractivity contribution in [3.63, 3.8) is 0 Å². The molecular weight excluding hydrogens is 310 g/mol. The van der Waals surface area contributed by atoms with Gasteiger partial charge in [0, 0.05) is 19.1 Å². The number of amides is 2. The van der Waals surface area contributed by atoms with Gasteiger partial charge in [0.25, 0.3) is 0 Å². The first-order chi connectivity index (χ1) is 11.0. The molecule has 1 N–H and O–H groups in total. The molecule has 23 heavy (non-hydrogen) atoms. The summed E-state index contributed by atoms with van der Waals surface area (Å²) in [6.07, 6.45) is 4.42. The number of carbonyl (C=O) groups is 2. The highest BCUT2D eigenvalue weighted by Gasteiger charge is 2.24. The number of carbonyl (C=O) groups excluding carboxylic acids is 2. The van der Waals surface area contributed by atoms with Crippen LogP contribution in [0.4, 0.5) is 0 Å². The normalized spacial score (nSPS) is 17.9. The Bertz CT molecular complexity index is 373. The summed E-state index contributed by atoms with van der Waals surface area (Å²) in [4.78, 5) is 28.4. The van der Waals surface area contributed by atoms with Crippen molar-refractivity contribution in [2.75, 3.05) is 38.2 Å². The summed E-state index contributed by atoms with van der Waals surface area (Å²) < 4.78 is 0. The second kappa shape index (κ2) is 10.9. The fraction of sp³-hybridized carbons (Fsp3) is 0.882. The molecule has 0 aromatic rings. The van der Waals surface area contributed by atoms with E-state index in [0.29, 0.717) is 12.6 Å². The van der Waals surface area contributed by atoms with Gasteiger partial charge in [0.05, 0.1) is 6.54 Å². The smallest absolute Gasteiger partial charge is 0.244 e. The van der Waals surface area contributed by atoms with Gasteiger partial charge in [-0.3, -0.25) is 14.5 Å². The van der Waals surface area contributed by atoms with Crippen LogP contribution in [-0.4, -0.2) is 71.9 Å². The highest BCUT2D eigenvalue weighted by Crippen LogP contribution is 2.10. The third-order valence-electron chi connectivity index (χ3n) is 4.45. The molecule has 1 rings (SSSR count). The van der Waals surface area contributed by atoms with Crippen molar-refractivity contribution in [1.29, 1.82) is 0 Å². The van der Waals surface area contributed by atoms with E-state index in [-0.39, 0.29) is 11.8 Å². The molecule has 1 fully saturated rings. The van der Waals surface area contributed by atoms with E-state index in [9.17, 15) is 9.59 Å². The standard InChI is InChI=1S/C17H33N3O2S/c1-5-23-12-9-14(2)19(4)13-16(21)18-15(3)17(22)20-10-7-6-8-11-20/h14-15H,5-13H2,1-4H3,(H,18,21)/t14-,15-/m1/s1. The van der Waals surface area contributed by atoms with Crippen molar-refractivity contribution in [3.05, 3.63) is 0 Å². The minimum absolute atomic E-state index is 0.0492. The minimum Gasteiger partial charge on any atom is -0.343 e. The lowest BCUT2D eigenvalue weighted by atomic mass is 10.1. The average molecular weight is 344 g/mol. The Balaban J connectivity index is 2.32. The van der Waals surface area contributed by atoms with Crippen LogP contribution in [0.25, 0.3) is 0 Å². The van der Waals surface area contributed by atoms with Gasteiger partial charge < -0.3 is 10.2 Å². The number of nitrogens with zero attached hydrogens (tertiary/aromatic N) is 2. The maximum absolute atomic E-state index is 12.3. The van der Waals surface area contributed by atoms with E-state index in [1.807, 2.05) is 23.7 Å². The first kappa shape index (κ1) is 20.3. The van der Waals surface area contributed by atoms with Crippen LogP contribution >= 0.6 is 11.8 Å². The molecule has 0 aromatic heterocycles. The highest BCUT2D eigenvalue weighted by molar-refractivity contribution is 7.99. The Morgan fingerprint density at radius 2 is 1.87 bits per heavy atom. The van der Waals surface area contributed by atoms with E-state index in [2.05, 4.69) is 24.1 Å². The maximum Gasteiger partial charge on any atom is 0.244 e. The number of likely N-dealkylation sites (tertiary alicyclic amines) is 1. The third kappa shape index (κ3) is 7.57. The summed E-state index contributed by atoms with van der Waals surface area (Å²) in [5.41, 5.74) is 0. The van der Waals surface area contributed by atoms with Crippen molar-refractivity contribution in [2.45, 2.75) is 58.5 Å². The molecule has 0 aromatic carbocycles. The van der Waals surface area contributed by atoms with E-state index in [4.69, 9.17) is 0 Å². The van der Waals surface area contributed by atoms with Gasteiger partial charge >= 0.3 is 0 Å². The zero-order valence-electron chi connectivity index (χ0n) is 15.1. The molecule has 0 saturated carbocycles.